The van der Waals surface area contributed by atoms with Crippen LogP contribution < -0.4 is 20.1 Å². The van der Waals surface area contributed by atoms with Gasteiger partial charge in [-0.2, -0.15) is 0 Å². The Balaban J connectivity index is 2.13. The van der Waals surface area contributed by atoms with Crippen LogP contribution in [0.3, 0.4) is 0 Å². The zero-order valence-electron chi connectivity index (χ0n) is 12.8. The molecule has 0 radical (unpaired) electrons. The molecule has 118 valence electrons. The van der Waals surface area contributed by atoms with Crippen molar-refractivity contribution < 1.29 is 14.3 Å². The Labute approximate surface area is 133 Å². The first kappa shape index (κ1) is 16.1. The maximum absolute atomic E-state index is 12.3. The van der Waals surface area contributed by atoms with Crippen LogP contribution in [0.2, 0.25) is 0 Å². The number of rotatable bonds is 7. The lowest BCUT2D eigenvalue weighted by atomic mass is 10.2. The van der Waals surface area contributed by atoms with Crippen molar-refractivity contribution in [2.75, 3.05) is 24.9 Å². The molecule has 0 bridgehead atoms. The first-order chi connectivity index (χ1) is 10.7. The highest BCUT2D eigenvalue weighted by Gasteiger charge is 2.19. The van der Waals surface area contributed by atoms with Crippen molar-refractivity contribution in [1.82, 2.24) is 4.98 Å². The molecule has 22 heavy (non-hydrogen) atoms. The minimum atomic E-state index is -0.398. The molecule has 0 aliphatic carbocycles. The fourth-order valence-corrected chi connectivity index (χ4v) is 2.48. The molecule has 7 heteroatoms. The number of anilines is 2. The Kier molecular flexibility index (Phi) is 5.60. The van der Waals surface area contributed by atoms with Crippen molar-refractivity contribution in [1.29, 1.82) is 0 Å². The largest absolute Gasteiger partial charge is 0.497 e. The van der Waals surface area contributed by atoms with E-state index in [2.05, 4.69) is 15.6 Å². The maximum atomic E-state index is 12.3. The van der Waals surface area contributed by atoms with Gasteiger partial charge in [-0.3, -0.25) is 4.79 Å². The standard InChI is InChI=1S/C15H19N3O3S/c1-4-11(14(19)18-15-16-7-8-22-15)17-12-9-10(20-2)5-6-13(12)21-3/h5-9,11,17H,4H2,1-3H3,(H,16,18,19)/t11-/m0/s1. The number of hydrogen-bond donors (Lipinski definition) is 2. The van der Waals surface area contributed by atoms with Crippen LogP contribution in [0.5, 0.6) is 11.5 Å². The van der Waals surface area contributed by atoms with Crippen LogP contribution in [0, 0.1) is 0 Å². The van der Waals surface area contributed by atoms with Gasteiger partial charge in [-0.15, -0.1) is 11.3 Å². The van der Waals surface area contributed by atoms with Gasteiger partial charge in [-0.1, -0.05) is 6.92 Å². The van der Waals surface area contributed by atoms with Gasteiger partial charge in [0.2, 0.25) is 5.91 Å². The first-order valence-electron chi connectivity index (χ1n) is 6.86. The van der Waals surface area contributed by atoms with Crippen molar-refractivity contribution in [2.45, 2.75) is 19.4 Å². The molecule has 0 fully saturated rings. The second-order valence-electron chi connectivity index (χ2n) is 4.50. The van der Waals surface area contributed by atoms with Gasteiger partial charge in [0.05, 0.1) is 19.9 Å². The number of hydrogen-bond acceptors (Lipinski definition) is 6. The van der Waals surface area contributed by atoms with Crippen LogP contribution in [0.15, 0.2) is 29.8 Å². The lowest BCUT2D eigenvalue weighted by Crippen LogP contribution is -2.34. The van der Waals surface area contributed by atoms with Gasteiger partial charge in [0, 0.05) is 17.6 Å². The monoisotopic (exact) mass is 321 g/mol. The fraction of sp³-hybridized carbons (Fsp3) is 0.333. The average molecular weight is 321 g/mol. The molecule has 2 N–H and O–H groups in total. The molecule has 2 rings (SSSR count). The van der Waals surface area contributed by atoms with E-state index >= 15 is 0 Å². The zero-order valence-corrected chi connectivity index (χ0v) is 13.6. The predicted octanol–water partition coefficient (Wildman–Crippen LogP) is 2.99. The summed E-state index contributed by atoms with van der Waals surface area (Å²) in [5.41, 5.74) is 0.711. The molecule has 1 aromatic carbocycles. The first-order valence-corrected chi connectivity index (χ1v) is 7.74. The third kappa shape index (κ3) is 3.88. The Morgan fingerprint density at radius 1 is 1.36 bits per heavy atom. The van der Waals surface area contributed by atoms with E-state index in [1.807, 2.05) is 12.3 Å². The van der Waals surface area contributed by atoms with Crippen LogP contribution >= 0.6 is 11.3 Å². The SMILES string of the molecule is CC[C@H](Nc1cc(OC)ccc1OC)C(=O)Nc1nccs1. The summed E-state index contributed by atoms with van der Waals surface area (Å²) >= 11 is 1.38. The molecule has 1 atom stereocenters. The quantitative estimate of drug-likeness (QED) is 0.820. The van der Waals surface area contributed by atoms with Gasteiger partial charge in [0.25, 0.3) is 0 Å². The number of ether oxygens (including phenoxy) is 2. The minimum absolute atomic E-state index is 0.137. The van der Waals surface area contributed by atoms with Crippen molar-refractivity contribution in [3.05, 3.63) is 29.8 Å². The summed E-state index contributed by atoms with van der Waals surface area (Å²) in [6, 6.07) is 5.01. The fourth-order valence-electron chi connectivity index (χ4n) is 1.95. The Morgan fingerprint density at radius 2 is 2.18 bits per heavy atom. The lowest BCUT2D eigenvalue weighted by molar-refractivity contribution is -0.116. The highest BCUT2D eigenvalue weighted by atomic mass is 32.1. The van der Waals surface area contributed by atoms with Crippen LogP contribution in [-0.4, -0.2) is 31.2 Å². The number of thiazole rings is 1. The normalized spacial score (nSPS) is 11.6. The van der Waals surface area contributed by atoms with Crippen molar-refractivity contribution in [3.8, 4) is 11.5 Å². The van der Waals surface area contributed by atoms with Crippen molar-refractivity contribution in [3.63, 3.8) is 0 Å². The zero-order chi connectivity index (χ0) is 15.9. The number of carbonyl (C=O) groups excluding carboxylic acids is 1. The Bertz CT molecular complexity index is 617. The molecule has 0 saturated heterocycles. The number of benzene rings is 1. The second-order valence-corrected chi connectivity index (χ2v) is 5.39. The molecule has 0 spiro atoms. The molecule has 2 aromatic rings. The minimum Gasteiger partial charge on any atom is -0.497 e. The molecular formula is C15H19N3O3S. The summed E-state index contributed by atoms with van der Waals surface area (Å²) in [5, 5.41) is 8.39. The van der Waals surface area contributed by atoms with Gasteiger partial charge >= 0.3 is 0 Å². The van der Waals surface area contributed by atoms with E-state index in [0.717, 1.165) is 0 Å². The van der Waals surface area contributed by atoms with Gasteiger partial charge in [0.15, 0.2) is 5.13 Å². The number of carbonyl (C=O) groups is 1. The number of methoxy groups -OCH3 is 2. The highest BCUT2D eigenvalue weighted by Crippen LogP contribution is 2.29. The average Bonchev–Trinajstić information content (AvgIpc) is 3.05. The molecule has 1 amide bonds. The highest BCUT2D eigenvalue weighted by molar-refractivity contribution is 7.13. The molecule has 1 aromatic heterocycles. The summed E-state index contributed by atoms with van der Waals surface area (Å²) in [6.45, 7) is 1.94. The maximum Gasteiger partial charge on any atom is 0.248 e. The predicted molar refractivity (Wildman–Crippen MR) is 88.0 cm³/mol. The molecule has 0 aliphatic heterocycles. The summed E-state index contributed by atoms with van der Waals surface area (Å²) in [7, 11) is 3.18. The Hall–Kier alpha value is -2.28. The second kappa shape index (κ2) is 7.65. The molecule has 6 nitrogen and oxygen atoms in total. The van der Waals surface area contributed by atoms with Crippen molar-refractivity contribution in [2.24, 2.45) is 0 Å². The van der Waals surface area contributed by atoms with E-state index in [1.165, 1.54) is 11.3 Å². The summed E-state index contributed by atoms with van der Waals surface area (Å²) in [6.07, 6.45) is 2.28. The molecule has 0 saturated carbocycles. The van der Waals surface area contributed by atoms with Gasteiger partial charge in [-0.25, -0.2) is 4.98 Å². The lowest BCUT2D eigenvalue weighted by Gasteiger charge is -2.19. The van der Waals surface area contributed by atoms with Crippen LogP contribution in [-0.2, 0) is 4.79 Å². The van der Waals surface area contributed by atoms with Crippen LogP contribution in [0.25, 0.3) is 0 Å². The number of nitrogens with one attached hydrogen (secondary N) is 2. The number of nitrogens with zero attached hydrogens (tertiary/aromatic N) is 1. The van der Waals surface area contributed by atoms with E-state index < -0.39 is 6.04 Å². The van der Waals surface area contributed by atoms with E-state index in [4.69, 9.17) is 9.47 Å². The third-order valence-electron chi connectivity index (χ3n) is 3.12. The number of aromatic nitrogens is 1. The molecular weight excluding hydrogens is 302 g/mol. The topological polar surface area (TPSA) is 72.5 Å². The van der Waals surface area contributed by atoms with Crippen LogP contribution in [0.1, 0.15) is 13.3 Å². The van der Waals surface area contributed by atoms with E-state index in [9.17, 15) is 4.79 Å². The van der Waals surface area contributed by atoms with Crippen LogP contribution in [0.4, 0.5) is 10.8 Å². The van der Waals surface area contributed by atoms with Gasteiger partial charge in [0.1, 0.15) is 17.5 Å². The molecule has 1 heterocycles. The summed E-state index contributed by atoms with van der Waals surface area (Å²) < 4.78 is 10.5. The number of amides is 1. The molecule has 0 aliphatic rings. The van der Waals surface area contributed by atoms with Crippen molar-refractivity contribution >= 4 is 28.1 Å². The summed E-state index contributed by atoms with van der Waals surface area (Å²) in [4.78, 5) is 16.4. The van der Waals surface area contributed by atoms with Gasteiger partial charge < -0.3 is 20.1 Å². The Morgan fingerprint density at radius 3 is 2.77 bits per heavy atom. The van der Waals surface area contributed by atoms with Gasteiger partial charge in [-0.05, 0) is 18.6 Å². The third-order valence-corrected chi connectivity index (χ3v) is 3.81. The van der Waals surface area contributed by atoms with E-state index in [-0.39, 0.29) is 5.91 Å². The smallest absolute Gasteiger partial charge is 0.248 e. The summed E-state index contributed by atoms with van der Waals surface area (Å²) in [5.74, 6) is 1.21. The van der Waals surface area contributed by atoms with E-state index in [1.54, 1.807) is 38.6 Å². The molecule has 0 unspecified atom stereocenters. The van der Waals surface area contributed by atoms with E-state index in [0.29, 0.717) is 28.7 Å².